The maximum Gasteiger partial charge on any atom is 0.194 e. The van der Waals surface area contributed by atoms with Crippen molar-refractivity contribution in [1.29, 1.82) is 0 Å². The van der Waals surface area contributed by atoms with Gasteiger partial charge in [0.2, 0.25) is 0 Å². The van der Waals surface area contributed by atoms with Crippen molar-refractivity contribution in [3.8, 4) is 0 Å². The van der Waals surface area contributed by atoms with Crippen LogP contribution in [0, 0.1) is 0 Å². The smallest absolute Gasteiger partial charge is 0.194 e. The summed E-state index contributed by atoms with van der Waals surface area (Å²) in [5, 5.41) is 14.1. The zero-order valence-corrected chi connectivity index (χ0v) is 13.7. The van der Waals surface area contributed by atoms with Gasteiger partial charge in [-0.2, -0.15) is 4.52 Å². The predicted octanol–water partition coefficient (Wildman–Crippen LogP) is 2.70. The van der Waals surface area contributed by atoms with E-state index in [4.69, 9.17) is 9.72 Å². The van der Waals surface area contributed by atoms with Crippen molar-refractivity contribution in [1.82, 2.24) is 25.0 Å². The Morgan fingerprint density at radius 1 is 1.43 bits per heavy atom. The molecule has 6 nitrogen and oxygen atoms in total. The molecule has 0 spiro atoms. The van der Waals surface area contributed by atoms with Crippen molar-refractivity contribution in [2.45, 2.75) is 44.6 Å². The fourth-order valence-electron chi connectivity index (χ4n) is 2.68. The van der Waals surface area contributed by atoms with Crippen molar-refractivity contribution in [2.75, 3.05) is 5.75 Å². The zero-order chi connectivity index (χ0) is 14.6. The highest BCUT2D eigenvalue weighted by Crippen LogP contribution is 2.40. The van der Waals surface area contributed by atoms with Crippen LogP contribution in [0.2, 0.25) is 0 Å². The summed E-state index contributed by atoms with van der Waals surface area (Å²) in [4.78, 5) is 7.03. The van der Waals surface area contributed by atoms with Crippen LogP contribution in [0.5, 0.6) is 0 Å². The molecule has 0 saturated heterocycles. The second kappa shape index (κ2) is 4.62. The van der Waals surface area contributed by atoms with Gasteiger partial charge in [0.1, 0.15) is 4.83 Å². The van der Waals surface area contributed by atoms with Crippen LogP contribution in [0.3, 0.4) is 0 Å². The lowest BCUT2D eigenvalue weighted by atomic mass is 9.94. The molecule has 4 rings (SSSR count). The number of rotatable bonds is 2. The van der Waals surface area contributed by atoms with Gasteiger partial charge in [-0.25, -0.2) is 4.98 Å². The number of hydrogen-bond acceptors (Lipinski definition) is 7. The number of tetrazole rings is 1. The first-order valence-electron chi connectivity index (χ1n) is 6.88. The molecule has 0 aromatic carbocycles. The average Bonchev–Trinajstić information content (AvgIpc) is 3.01. The molecule has 1 aliphatic rings. The van der Waals surface area contributed by atoms with Gasteiger partial charge in [-0.3, -0.25) is 0 Å². The summed E-state index contributed by atoms with van der Waals surface area (Å²) >= 11 is 3.36. The molecule has 0 saturated carbocycles. The second-order valence-electron chi connectivity index (χ2n) is 5.65. The highest BCUT2D eigenvalue weighted by atomic mass is 32.2. The van der Waals surface area contributed by atoms with E-state index in [0.29, 0.717) is 6.61 Å². The number of thiophene rings is 1. The van der Waals surface area contributed by atoms with Crippen LogP contribution >= 0.6 is 23.1 Å². The van der Waals surface area contributed by atoms with E-state index >= 15 is 0 Å². The summed E-state index contributed by atoms with van der Waals surface area (Å²) in [5.74, 6) is 0.939. The van der Waals surface area contributed by atoms with Gasteiger partial charge >= 0.3 is 0 Å². The van der Waals surface area contributed by atoms with Gasteiger partial charge in [-0.15, -0.1) is 16.4 Å². The summed E-state index contributed by atoms with van der Waals surface area (Å²) in [6, 6.07) is 0. The molecule has 0 N–H and O–H groups in total. The van der Waals surface area contributed by atoms with Crippen molar-refractivity contribution in [3.63, 3.8) is 0 Å². The van der Waals surface area contributed by atoms with Gasteiger partial charge in [-0.1, -0.05) is 18.7 Å². The topological polar surface area (TPSA) is 65.2 Å². The highest BCUT2D eigenvalue weighted by Gasteiger charge is 2.31. The van der Waals surface area contributed by atoms with E-state index in [1.165, 1.54) is 10.4 Å². The minimum atomic E-state index is -0.151. The molecule has 4 heterocycles. The lowest BCUT2D eigenvalue weighted by Gasteiger charge is -2.30. The maximum absolute atomic E-state index is 5.91. The second-order valence-corrected chi connectivity index (χ2v) is 7.97. The minimum absolute atomic E-state index is 0.151. The van der Waals surface area contributed by atoms with Gasteiger partial charge in [0.15, 0.2) is 10.8 Å². The van der Waals surface area contributed by atoms with Gasteiger partial charge < -0.3 is 4.74 Å². The van der Waals surface area contributed by atoms with Crippen molar-refractivity contribution in [3.05, 3.63) is 10.4 Å². The van der Waals surface area contributed by atoms with Crippen molar-refractivity contribution < 1.29 is 4.74 Å². The molecule has 0 aliphatic carbocycles. The molecule has 0 radical (unpaired) electrons. The average molecular weight is 321 g/mol. The molecule has 21 heavy (non-hydrogen) atoms. The van der Waals surface area contributed by atoms with Gasteiger partial charge in [0.25, 0.3) is 0 Å². The summed E-state index contributed by atoms with van der Waals surface area (Å²) in [6.07, 6.45) is 0.868. The van der Waals surface area contributed by atoms with Crippen LogP contribution in [0.25, 0.3) is 15.9 Å². The Kier molecular flexibility index (Phi) is 2.95. The molecule has 0 amide bonds. The molecule has 0 unspecified atom stereocenters. The van der Waals surface area contributed by atoms with Gasteiger partial charge in [-0.05, 0) is 35.6 Å². The van der Waals surface area contributed by atoms with E-state index in [1.807, 2.05) is 0 Å². The number of aromatic nitrogens is 5. The SMILES string of the molecule is CCSc1nc2sc3c(c2c2nnnn12)CC(C)(C)OC3. The standard InChI is InChI=1S/C13H15N5OS2/c1-4-20-12-14-11-9(10-15-16-17-18(10)12)7-5-13(2,3)19-6-8(7)21-11/h4-6H2,1-3H3. The van der Waals surface area contributed by atoms with E-state index in [2.05, 4.69) is 36.3 Å². The summed E-state index contributed by atoms with van der Waals surface area (Å²) in [6.45, 7) is 6.98. The molecule has 3 aromatic heterocycles. The summed E-state index contributed by atoms with van der Waals surface area (Å²) < 4.78 is 7.67. The number of ether oxygens (including phenoxy) is 1. The first-order valence-corrected chi connectivity index (χ1v) is 8.68. The monoisotopic (exact) mass is 321 g/mol. The van der Waals surface area contributed by atoms with E-state index in [-0.39, 0.29) is 5.60 Å². The predicted molar refractivity (Wildman–Crippen MR) is 82.9 cm³/mol. The molecular formula is C13H15N5OS2. The third-order valence-corrected chi connectivity index (χ3v) is 5.52. The van der Waals surface area contributed by atoms with Crippen LogP contribution in [-0.4, -0.2) is 36.4 Å². The summed E-state index contributed by atoms with van der Waals surface area (Å²) in [7, 11) is 0. The normalized spacial score (nSPS) is 17.5. The first-order chi connectivity index (χ1) is 10.1. The Morgan fingerprint density at radius 3 is 3.10 bits per heavy atom. The largest absolute Gasteiger partial charge is 0.370 e. The zero-order valence-electron chi connectivity index (χ0n) is 12.1. The van der Waals surface area contributed by atoms with Crippen LogP contribution in [0.1, 0.15) is 31.2 Å². The molecular weight excluding hydrogens is 306 g/mol. The molecule has 1 aliphatic heterocycles. The molecule has 0 fully saturated rings. The summed E-state index contributed by atoms with van der Waals surface area (Å²) in [5.41, 5.74) is 1.96. The van der Waals surface area contributed by atoms with Gasteiger partial charge in [0, 0.05) is 11.3 Å². The number of nitrogens with zero attached hydrogens (tertiary/aromatic N) is 5. The van der Waals surface area contributed by atoms with Crippen molar-refractivity contribution >= 4 is 39.0 Å². The van der Waals surface area contributed by atoms with Crippen molar-refractivity contribution in [2.24, 2.45) is 0 Å². The lowest BCUT2D eigenvalue weighted by Crippen LogP contribution is -2.31. The lowest BCUT2D eigenvalue weighted by molar-refractivity contribution is -0.0379. The molecule has 0 bridgehead atoms. The Hall–Kier alpha value is -1.25. The van der Waals surface area contributed by atoms with Crippen LogP contribution in [0.15, 0.2) is 5.16 Å². The van der Waals surface area contributed by atoms with Crippen LogP contribution < -0.4 is 0 Å². The van der Waals surface area contributed by atoms with Gasteiger partial charge in [0.05, 0.1) is 17.6 Å². The van der Waals surface area contributed by atoms with E-state index in [1.54, 1.807) is 27.6 Å². The maximum atomic E-state index is 5.91. The first kappa shape index (κ1) is 13.4. The van der Waals surface area contributed by atoms with E-state index < -0.39 is 0 Å². The Labute approximate surface area is 129 Å². The number of thioether (sulfide) groups is 1. The number of hydrogen-bond donors (Lipinski definition) is 0. The fraction of sp³-hybridized carbons (Fsp3) is 0.538. The third-order valence-electron chi connectivity index (χ3n) is 3.61. The molecule has 110 valence electrons. The van der Waals surface area contributed by atoms with Crippen LogP contribution in [-0.2, 0) is 17.8 Å². The third kappa shape index (κ3) is 2.04. The molecule has 0 atom stereocenters. The Balaban J connectivity index is 2.04. The number of fused-ring (bicyclic) bond motifs is 5. The Bertz CT molecular complexity index is 838. The van der Waals surface area contributed by atoms with Crippen LogP contribution in [0.4, 0.5) is 0 Å². The Morgan fingerprint density at radius 2 is 2.29 bits per heavy atom. The van der Waals surface area contributed by atoms with E-state index in [9.17, 15) is 0 Å². The molecule has 3 aromatic rings. The quantitative estimate of drug-likeness (QED) is 0.534. The van der Waals surface area contributed by atoms with E-state index in [0.717, 1.165) is 33.2 Å². The molecule has 8 heteroatoms. The minimum Gasteiger partial charge on any atom is -0.370 e. The fourth-order valence-corrected chi connectivity index (χ4v) is 4.49. The highest BCUT2D eigenvalue weighted by molar-refractivity contribution is 7.99.